The molecule has 0 radical (unpaired) electrons. The summed E-state index contributed by atoms with van der Waals surface area (Å²) >= 11 is 1.67. The molecule has 1 unspecified atom stereocenters. The fourth-order valence-electron chi connectivity index (χ4n) is 2.62. The number of halogens is 2. The Hall–Kier alpha value is -0.480. The van der Waals surface area contributed by atoms with Crippen molar-refractivity contribution in [1.29, 1.82) is 0 Å². The SMILES string of the molecule is CCNC(c1ccsc1)C1CCC(F)(F)CC1. The predicted octanol–water partition coefficient (Wildman–Crippen LogP) is 4.22. The Balaban J connectivity index is 2.03. The largest absolute Gasteiger partial charge is 0.310 e. The third kappa shape index (κ3) is 3.26. The Morgan fingerprint density at radius 3 is 2.71 bits per heavy atom. The second kappa shape index (κ2) is 5.44. The van der Waals surface area contributed by atoms with Gasteiger partial charge in [-0.15, -0.1) is 0 Å². The molecule has 1 heterocycles. The maximum Gasteiger partial charge on any atom is 0.248 e. The van der Waals surface area contributed by atoms with Crippen LogP contribution in [0.5, 0.6) is 0 Å². The summed E-state index contributed by atoms with van der Waals surface area (Å²) in [6.45, 7) is 2.95. The van der Waals surface area contributed by atoms with E-state index >= 15 is 0 Å². The van der Waals surface area contributed by atoms with Gasteiger partial charge in [0.15, 0.2) is 0 Å². The van der Waals surface area contributed by atoms with E-state index in [0.29, 0.717) is 18.8 Å². The summed E-state index contributed by atoms with van der Waals surface area (Å²) in [6, 6.07) is 2.35. The van der Waals surface area contributed by atoms with Crippen molar-refractivity contribution < 1.29 is 8.78 Å². The molecule has 0 saturated heterocycles. The fraction of sp³-hybridized carbons (Fsp3) is 0.692. The van der Waals surface area contributed by atoms with Crippen LogP contribution in [0, 0.1) is 5.92 Å². The minimum atomic E-state index is -2.43. The van der Waals surface area contributed by atoms with E-state index in [0.717, 1.165) is 6.54 Å². The predicted molar refractivity (Wildman–Crippen MR) is 67.6 cm³/mol. The maximum atomic E-state index is 13.2. The number of hydrogen-bond acceptors (Lipinski definition) is 2. The van der Waals surface area contributed by atoms with Gasteiger partial charge in [-0.05, 0) is 47.7 Å². The second-order valence-electron chi connectivity index (χ2n) is 4.79. The van der Waals surface area contributed by atoms with Crippen LogP contribution in [-0.4, -0.2) is 12.5 Å². The van der Waals surface area contributed by atoms with E-state index in [1.807, 2.05) is 0 Å². The van der Waals surface area contributed by atoms with Crippen LogP contribution in [0.25, 0.3) is 0 Å². The number of nitrogens with one attached hydrogen (secondary N) is 1. The Morgan fingerprint density at radius 2 is 2.18 bits per heavy atom. The topological polar surface area (TPSA) is 12.0 Å². The normalized spacial score (nSPS) is 22.5. The van der Waals surface area contributed by atoms with Gasteiger partial charge in [0.25, 0.3) is 0 Å². The summed E-state index contributed by atoms with van der Waals surface area (Å²) in [6.07, 6.45) is 1.34. The van der Waals surface area contributed by atoms with Crippen molar-refractivity contribution in [2.45, 2.75) is 44.6 Å². The van der Waals surface area contributed by atoms with Gasteiger partial charge in [-0.25, -0.2) is 8.78 Å². The summed E-state index contributed by atoms with van der Waals surface area (Å²) in [5.41, 5.74) is 1.26. The average molecular weight is 259 g/mol. The Labute approximate surface area is 105 Å². The summed E-state index contributed by atoms with van der Waals surface area (Å²) in [7, 11) is 0. The smallest absolute Gasteiger partial charge is 0.248 e. The van der Waals surface area contributed by atoms with Crippen LogP contribution < -0.4 is 5.32 Å². The quantitative estimate of drug-likeness (QED) is 0.853. The van der Waals surface area contributed by atoms with E-state index in [-0.39, 0.29) is 18.9 Å². The zero-order chi connectivity index (χ0) is 12.3. The monoisotopic (exact) mass is 259 g/mol. The molecule has 0 aliphatic heterocycles. The van der Waals surface area contributed by atoms with Crippen LogP contribution >= 0.6 is 11.3 Å². The first-order chi connectivity index (χ1) is 8.12. The molecule has 0 bridgehead atoms. The highest BCUT2D eigenvalue weighted by Gasteiger charge is 2.37. The summed E-state index contributed by atoms with van der Waals surface area (Å²) in [5, 5.41) is 7.62. The molecule has 1 aliphatic rings. The fourth-order valence-corrected chi connectivity index (χ4v) is 3.32. The van der Waals surface area contributed by atoms with Crippen LogP contribution in [0.1, 0.15) is 44.2 Å². The molecule has 1 fully saturated rings. The summed E-state index contributed by atoms with van der Waals surface area (Å²) < 4.78 is 26.3. The zero-order valence-electron chi connectivity index (χ0n) is 10.1. The van der Waals surface area contributed by atoms with Gasteiger partial charge in [0.1, 0.15) is 0 Å². The molecule has 1 atom stereocenters. The molecule has 17 heavy (non-hydrogen) atoms. The standard InChI is InChI=1S/C13H19F2NS/c1-2-16-12(11-5-8-17-9-11)10-3-6-13(14,15)7-4-10/h5,8-10,12,16H,2-4,6-7H2,1H3. The van der Waals surface area contributed by atoms with Gasteiger partial charge in [0, 0.05) is 18.9 Å². The molecule has 1 nitrogen and oxygen atoms in total. The lowest BCUT2D eigenvalue weighted by molar-refractivity contribution is -0.0496. The van der Waals surface area contributed by atoms with Gasteiger partial charge in [-0.1, -0.05) is 6.92 Å². The van der Waals surface area contributed by atoms with Crippen LogP contribution in [-0.2, 0) is 0 Å². The van der Waals surface area contributed by atoms with Crippen LogP contribution in [0.3, 0.4) is 0 Å². The van der Waals surface area contributed by atoms with Gasteiger partial charge in [-0.3, -0.25) is 0 Å². The first kappa shape index (κ1) is 13.0. The Kier molecular flexibility index (Phi) is 4.15. The van der Waals surface area contributed by atoms with Crippen molar-refractivity contribution in [2.24, 2.45) is 5.92 Å². The molecule has 1 aliphatic carbocycles. The van der Waals surface area contributed by atoms with E-state index in [1.165, 1.54) is 5.56 Å². The highest BCUT2D eigenvalue weighted by Crippen LogP contribution is 2.41. The van der Waals surface area contributed by atoms with Crippen molar-refractivity contribution in [1.82, 2.24) is 5.32 Å². The van der Waals surface area contributed by atoms with E-state index in [2.05, 4.69) is 29.1 Å². The number of alkyl halides is 2. The highest BCUT2D eigenvalue weighted by atomic mass is 32.1. The van der Waals surface area contributed by atoms with Gasteiger partial charge >= 0.3 is 0 Å². The van der Waals surface area contributed by atoms with Gasteiger partial charge in [0.2, 0.25) is 5.92 Å². The molecular weight excluding hydrogens is 240 g/mol. The molecule has 1 N–H and O–H groups in total. The third-order valence-corrected chi connectivity index (χ3v) is 4.26. The zero-order valence-corrected chi connectivity index (χ0v) is 10.9. The van der Waals surface area contributed by atoms with Crippen LogP contribution in [0.15, 0.2) is 16.8 Å². The summed E-state index contributed by atoms with van der Waals surface area (Å²) in [4.78, 5) is 0. The minimum absolute atomic E-state index is 0.0453. The maximum absolute atomic E-state index is 13.2. The average Bonchev–Trinajstić information content (AvgIpc) is 2.80. The van der Waals surface area contributed by atoms with Gasteiger partial charge in [-0.2, -0.15) is 11.3 Å². The van der Waals surface area contributed by atoms with Crippen molar-refractivity contribution >= 4 is 11.3 Å². The molecule has 1 aromatic rings. The molecule has 0 spiro atoms. The molecule has 0 aromatic carbocycles. The minimum Gasteiger partial charge on any atom is -0.310 e. The first-order valence-corrected chi connectivity index (χ1v) is 7.20. The molecular formula is C13H19F2NS. The van der Waals surface area contributed by atoms with E-state index in [4.69, 9.17) is 0 Å². The van der Waals surface area contributed by atoms with Gasteiger partial charge in [0.05, 0.1) is 0 Å². The lowest BCUT2D eigenvalue weighted by Gasteiger charge is -2.34. The van der Waals surface area contributed by atoms with Crippen LogP contribution in [0.4, 0.5) is 8.78 Å². The number of hydrogen-bond donors (Lipinski definition) is 1. The lowest BCUT2D eigenvalue weighted by atomic mass is 9.80. The molecule has 96 valence electrons. The van der Waals surface area contributed by atoms with Crippen molar-refractivity contribution in [3.63, 3.8) is 0 Å². The van der Waals surface area contributed by atoms with Crippen molar-refractivity contribution in [2.75, 3.05) is 6.54 Å². The molecule has 2 rings (SSSR count). The van der Waals surface area contributed by atoms with E-state index in [1.54, 1.807) is 11.3 Å². The Morgan fingerprint density at radius 1 is 1.47 bits per heavy atom. The van der Waals surface area contributed by atoms with Crippen molar-refractivity contribution in [3.8, 4) is 0 Å². The molecule has 4 heteroatoms. The number of thiophene rings is 1. The molecule has 1 saturated carbocycles. The Bertz CT molecular complexity index is 327. The summed E-state index contributed by atoms with van der Waals surface area (Å²) in [5.74, 6) is -2.08. The molecule has 0 amide bonds. The van der Waals surface area contributed by atoms with E-state index in [9.17, 15) is 8.78 Å². The number of rotatable bonds is 4. The molecule has 1 aromatic heterocycles. The van der Waals surface area contributed by atoms with E-state index < -0.39 is 5.92 Å². The first-order valence-electron chi connectivity index (χ1n) is 6.25. The third-order valence-electron chi connectivity index (χ3n) is 3.56. The highest BCUT2D eigenvalue weighted by molar-refractivity contribution is 7.07. The van der Waals surface area contributed by atoms with Crippen LogP contribution in [0.2, 0.25) is 0 Å². The lowest BCUT2D eigenvalue weighted by Crippen LogP contribution is -2.33. The van der Waals surface area contributed by atoms with Crippen molar-refractivity contribution in [3.05, 3.63) is 22.4 Å². The van der Waals surface area contributed by atoms with Gasteiger partial charge < -0.3 is 5.32 Å². The second-order valence-corrected chi connectivity index (χ2v) is 5.57.